The Kier molecular flexibility index (Phi) is 3.50. The summed E-state index contributed by atoms with van der Waals surface area (Å²) in [6.45, 7) is 0. The number of sulfonamides is 1. The second kappa shape index (κ2) is 5.34. The van der Waals surface area contributed by atoms with Crippen molar-refractivity contribution < 1.29 is 12.8 Å². The largest absolute Gasteiger partial charge is 0.268 e. The summed E-state index contributed by atoms with van der Waals surface area (Å²) in [5.41, 5.74) is 1.92. The zero-order valence-electron chi connectivity index (χ0n) is 11.6. The molecule has 0 saturated heterocycles. The molecule has 0 spiro atoms. The van der Waals surface area contributed by atoms with Gasteiger partial charge in [0.05, 0.1) is 11.8 Å². The first-order valence-corrected chi connectivity index (χ1v) is 8.30. The highest BCUT2D eigenvalue weighted by Gasteiger charge is 2.09. The van der Waals surface area contributed by atoms with Crippen LogP contribution in [0.3, 0.4) is 0 Å². The highest BCUT2D eigenvalue weighted by Crippen LogP contribution is 2.28. The van der Waals surface area contributed by atoms with Gasteiger partial charge in [-0.15, -0.1) is 0 Å². The second-order valence-corrected chi connectivity index (χ2v) is 6.58. The third-order valence-electron chi connectivity index (χ3n) is 3.03. The van der Waals surface area contributed by atoms with E-state index in [1.165, 1.54) is 24.4 Å². The van der Waals surface area contributed by atoms with Crippen LogP contribution >= 0.6 is 0 Å². The van der Waals surface area contributed by atoms with Crippen molar-refractivity contribution in [2.24, 2.45) is 0 Å². The van der Waals surface area contributed by atoms with Gasteiger partial charge in [-0.3, -0.25) is 9.71 Å². The number of halogens is 1. The molecule has 2 aromatic heterocycles. The van der Waals surface area contributed by atoms with Crippen LogP contribution < -0.4 is 4.72 Å². The Labute approximate surface area is 126 Å². The highest BCUT2D eigenvalue weighted by atomic mass is 32.2. The molecule has 0 aliphatic carbocycles. The number of fused-ring (bicyclic) bond motifs is 1. The lowest BCUT2D eigenvalue weighted by Gasteiger charge is -2.08. The normalized spacial score (nSPS) is 11.5. The minimum absolute atomic E-state index is 0.208. The summed E-state index contributed by atoms with van der Waals surface area (Å²) in [7, 11) is -3.38. The maximum atomic E-state index is 13.7. The van der Waals surface area contributed by atoms with Gasteiger partial charge in [0, 0.05) is 28.9 Å². The van der Waals surface area contributed by atoms with E-state index in [4.69, 9.17) is 0 Å². The van der Waals surface area contributed by atoms with Crippen molar-refractivity contribution >= 4 is 26.7 Å². The Bertz CT molecular complexity index is 941. The van der Waals surface area contributed by atoms with E-state index >= 15 is 0 Å². The van der Waals surface area contributed by atoms with Crippen LogP contribution in [-0.2, 0) is 10.0 Å². The molecule has 3 aromatic rings. The molecule has 3 rings (SSSR count). The summed E-state index contributed by atoms with van der Waals surface area (Å²) in [6, 6.07) is 9.51. The van der Waals surface area contributed by atoms with Gasteiger partial charge in [0.1, 0.15) is 11.6 Å². The number of pyridine rings is 2. The molecule has 22 heavy (non-hydrogen) atoms. The average molecular weight is 317 g/mol. The zero-order chi connectivity index (χ0) is 15.7. The molecule has 112 valence electrons. The van der Waals surface area contributed by atoms with Gasteiger partial charge in [-0.1, -0.05) is 6.07 Å². The standard InChI is InChI=1S/C15H12FN3O2S/c1-22(20,21)19-14-5-4-11(9-18-14)13-8-12(16)7-10-3-2-6-17-15(10)13/h2-9H,1H3,(H,18,19). The molecule has 0 unspecified atom stereocenters. The van der Waals surface area contributed by atoms with Gasteiger partial charge in [-0.25, -0.2) is 17.8 Å². The van der Waals surface area contributed by atoms with E-state index in [0.29, 0.717) is 22.0 Å². The lowest BCUT2D eigenvalue weighted by Crippen LogP contribution is -2.10. The Balaban J connectivity index is 2.08. The minimum Gasteiger partial charge on any atom is -0.268 e. The van der Waals surface area contributed by atoms with Crippen molar-refractivity contribution in [2.75, 3.05) is 11.0 Å². The van der Waals surface area contributed by atoms with Gasteiger partial charge in [0.2, 0.25) is 10.0 Å². The van der Waals surface area contributed by atoms with Gasteiger partial charge in [-0.05, 0) is 30.3 Å². The van der Waals surface area contributed by atoms with Crippen LogP contribution in [0, 0.1) is 5.82 Å². The fourth-order valence-electron chi connectivity index (χ4n) is 2.18. The van der Waals surface area contributed by atoms with Crippen LogP contribution in [0.15, 0.2) is 48.8 Å². The fourth-order valence-corrected chi connectivity index (χ4v) is 2.68. The topological polar surface area (TPSA) is 72.0 Å². The number of rotatable bonds is 3. The summed E-state index contributed by atoms with van der Waals surface area (Å²) in [4.78, 5) is 8.31. The average Bonchev–Trinajstić information content (AvgIpc) is 2.45. The Morgan fingerprint density at radius 2 is 1.95 bits per heavy atom. The lowest BCUT2D eigenvalue weighted by atomic mass is 10.0. The first-order valence-electron chi connectivity index (χ1n) is 6.41. The molecule has 0 amide bonds. The number of anilines is 1. The van der Waals surface area contributed by atoms with Crippen molar-refractivity contribution in [3.63, 3.8) is 0 Å². The van der Waals surface area contributed by atoms with Crippen molar-refractivity contribution in [3.05, 3.63) is 54.6 Å². The molecule has 0 bridgehead atoms. The first-order chi connectivity index (χ1) is 10.4. The Morgan fingerprint density at radius 1 is 1.14 bits per heavy atom. The third kappa shape index (κ3) is 3.04. The van der Waals surface area contributed by atoms with Crippen molar-refractivity contribution in [3.8, 4) is 11.1 Å². The molecule has 5 nitrogen and oxygen atoms in total. The van der Waals surface area contributed by atoms with Crippen LogP contribution in [0.1, 0.15) is 0 Å². The third-order valence-corrected chi connectivity index (χ3v) is 3.61. The molecule has 0 radical (unpaired) electrons. The zero-order valence-corrected chi connectivity index (χ0v) is 12.4. The molecule has 2 heterocycles. The molecule has 7 heteroatoms. The number of hydrogen-bond donors (Lipinski definition) is 1. The lowest BCUT2D eigenvalue weighted by molar-refractivity contribution is 0.606. The molecule has 0 aliphatic heterocycles. The number of aromatic nitrogens is 2. The first kappa shape index (κ1) is 14.4. The van der Waals surface area contributed by atoms with E-state index in [1.807, 2.05) is 0 Å². The molecule has 0 saturated carbocycles. The predicted molar refractivity (Wildman–Crippen MR) is 83.4 cm³/mol. The summed E-state index contributed by atoms with van der Waals surface area (Å²) in [6.07, 6.45) is 4.17. The van der Waals surface area contributed by atoms with E-state index in [9.17, 15) is 12.8 Å². The number of nitrogens with zero attached hydrogens (tertiary/aromatic N) is 2. The molecule has 0 atom stereocenters. The number of benzene rings is 1. The molecular formula is C15H12FN3O2S. The maximum absolute atomic E-state index is 13.7. The van der Waals surface area contributed by atoms with Crippen molar-refractivity contribution in [1.29, 1.82) is 0 Å². The van der Waals surface area contributed by atoms with Gasteiger partial charge < -0.3 is 0 Å². The number of hydrogen-bond acceptors (Lipinski definition) is 4. The van der Waals surface area contributed by atoms with E-state index in [0.717, 1.165) is 6.26 Å². The SMILES string of the molecule is CS(=O)(=O)Nc1ccc(-c2cc(F)cc3cccnc23)cn1. The smallest absolute Gasteiger partial charge is 0.230 e. The molecule has 1 N–H and O–H groups in total. The van der Waals surface area contributed by atoms with Gasteiger partial charge >= 0.3 is 0 Å². The van der Waals surface area contributed by atoms with Crippen molar-refractivity contribution in [1.82, 2.24) is 9.97 Å². The van der Waals surface area contributed by atoms with E-state index in [1.54, 1.807) is 24.4 Å². The molecule has 1 aromatic carbocycles. The second-order valence-electron chi connectivity index (χ2n) is 4.83. The van der Waals surface area contributed by atoms with Gasteiger partial charge in [-0.2, -0.15) is 0 Å². The summed E-state index contributed by atoms with van der Waals surface area (Å²) >= 11 is 0. The summed E-state index contributed by atoms with van der Waals surface area (Å²) < 4.78 is 38.4. The Morgan fingerprint density at radius 3 is 2.64 bits per heavy atom. The van der Waals surface area contributed by atoms with E-state index in [2.05, 4.69) is 14.7 Å². The van der Waals surface area contributed by atoms with Crippen LogP contribution in [0.25, 0.3) is 22.0 Å². The van der Waals surface area contributed by atoms with Gasteiger partial charge in [0.25, 0.3) is 0 Å². The molecule has 0 fully saturated rings. The molecule has 0 aliphatic rings. The quantitative estimate of drug-likeness (QED) is 0.806. The highest BCUT2D eigenvalue weighted by molar-refractivity contribution is 7.92. The predicted octanol–water partition coefficient (Wildman–Crippen LogP) is 2.81. The number of nitrogens with one attached hydrogen (secondary N) is 1. The van der Waals surface area contributed by atoms with Crippen LogP contribution in [-0.4, -0.2) is 24.6 Å². The van der Waals surface area contributed by atoms with Gasteiger partial charge in [0.15, 0.2) is 0 Å². The maximum Gasteiger partial charge on any atom is 0.230 e. The fraction of sp³-hybridized carbons (Fsp3) is 0.0667. The summed E-state index contributed by atoms with van der Waals surface area (Å²) in [5, 5.41) is 0.691. The Hall–Kier alpha value is -2.54. The van der Waals surface area contributed by atoms with Crippen LogP contribution in [0.2, 0.25) is 0 Å². The van der Waals surface area contributed by atoms with E-state index in [-0.39, 0.29) is 11.6 Å². The van der Waals surface area contributed by atoms with E-state index < -0.39 is 10.0 Å². The molecular weight excluding hydrogens is 305 g/mol. The minimum atomic E-state index is -3.38. The van der Waals surface area contributed by atoms with Crippen molar-refractivity contribution in [2.45, 2.75) is 0 Å². The van der Waals surface area contributed by atoms with Crippen LogP contribution in [0.4, 0.5) is 10.2 Å². The monoisotopic (exact) mass is 317 g/mol. The van der Waals surface area contributed by atoms with Crippen LogP contribution in [0.5, 0.6) is 0 Å². The summed E-state index contributed by atoms with van der Waals surface area (Å²) in [5.74, 6) is -0.159.